The minimum absolute atomic E-state index is 0.297. The maximum atomic E-state index is 13.0. The Morgan fingerprint density at radius 3 is 2.67 bits per heavy atom. The highest BCUT2D eigenvalue weighted by molar-refractivity contribution is 7.09. The average molecular weight is 344 g/mol. The number of hydrogen-bond donors (Lipinski definition) is 2. The molecule has 0 aliphatic carbocycles. The Morgan fingerprint density at radius 1 is 1.17 bits per heavy atom. The van der Waals surface area contributed by atoms with Crippen LogP contribution in [0.5, 0.6) is 0 Å². The quantitative estimate of drug-likeness (QED) is 0.685. The predicted molar refractivity (Wildman–Crippen MR) is 95.5 cm³/mol. The molecule has 24 heavy (non-hydrogen) atoms. The first-order valence-electron chi connectivity index (χ1n) is 7.90. The number of aliphatic hydroxyl groups is 1. The molecule has 3 aromatic rings. The summed E-state index contributed by atoms with van der Waals surface area (Å²) in [4.78, 5) is 1.31. The summed E-state index contributed by atoms with van der Waals surface area (Å²) in [5.41, 5.74) is 0.822. The normalized spacial score (nSPS) is 13.8. The number of aromatic nitrogens is 1. The molecule has 5 heteroatoms. The van der Waals surface area contributed by atoms with Crippen molar-refractivity contribution in [3.8, 4) is 0 Å². The fourth-order valence-corrected chi connectivity index (χ4v) is 3.38. The first-order valence-corrected chi connectivity index (χ1v) is 8.78. The van der Waals surface area contributed by atoms with Gasteiger partial charge in [0.05, 0.1) is 12.1 Å². The number of thiophene rings is 1. The molecule has 2 heterocycles. The predicted octanol–water partition coefficient (Wildman–Crippen LogP) is 3.73. The Labute approximate surface area is 145 Å². The van der Waals surface area contributed by atoms with E-state index < -0.39 is 5.60 Å². The number of nitrogens with zero attached hydrogens (tertiary/aromatic N) is 1. The van der Waals surface area contributed by atoms with Crippen LogP contribution in [0.3, 0.4) is 0 Å². The van der Waals surface area contributed by atoms with Gasteiger partial charge in [-0.2, -0.15) is 0 Å². The summed E-state index contributed by atoms with van der Waals surface area (Å²) in [5.74, 6) is -0.297. The summed E-state index contributed by atoms with van der Waals surface area (Å²) >= 11 is 1.74. The monoisotopic (exact) mass is 344 g/mol. The van der Waals surface area contributed by atoms with Gasteiger partial charge in [0.2, 0.25) is 0 Å². The van der Waals surface area contributed by atoms with Gasteiger partial charge in [-0.1, -0.05) is 18.2 Å². The third kappa shape index (κ3) is 4.12. The molecule has 0 aliphatic heterocycles. The van der Waals surface area contributed by atoms with Crippen LogP contribution in [0.4, 0.5) is 4.39 Å². The summed E-state index contributed by atoms with van der Waals surface area (Å²) in [5, 5.41) is 16.0. The topological polar surface area (TPSA) is 37.2 Å². The molecule has 0 aliphatic rings. The van der Waals surface area contributed by atoms with Crippen molar-refractivity contribution < 1.29 is 9.50 Å². The van der Waals surface area contributed by atoms with Gasteiger partial charge in [-0.05, 0) is 48.2 Å². The van der Waals surface area contributed by atoms with Gasteiger partial charge < -0.3 is 15.0 Å². The molecule has 1 unspecified atom stereocenters. The number of halogens is 1. The molecule has 0 saturated carbocycles. The van der Waals surface area contributed by atoms with E-state index in [-0.39, 0.29) is 5.82 Å². The molecule has 0 amide bonds. The fraction of sp³-hybridized carbons (Fsp3) is 0.263. The molecule has 3 nitrogen and oxygen atoms in total. The van der Waals surface area contributed by atoms with Crippen molar-refractivity contribution in [1.29, 1.82) is 0 Å². The van der Waals surface area contributed by atoms with Crippen molar-refractivity contribution in [1.82, 2.24) is 9.88 Å². The van der Waals surface area contributed by atoms with E-state index in [1.165, 1.54) is 22.7 Å². The van der Waals surface area contributed by atoms with Crippen molar-refractivity contribution in [3.63, 3.8) is 0 Å². The van der Waals surface area contributed by atoms with Crippen molar-refractivity contribution >= 4 is 11.3 Å². The van der Waals surface area contributed by atoms with E-state index in [4.69, 9.17) is 0 Å². The third-order valence-corrected chi connectivity index (χ3v) is 4.93. The van der Waals surface area contributed by atoms with Gasteiger partial charge in [-0.3, -0.25) is 0 Å². The highest BCUT2D eigenvalue weighted by Gasteiger charge is 2.22. The standard InChI is InChI=1S/C19H21FN2OS/c1-19(23,15-6-8-16(20)9-7-15)14-21-12-17-4-2-10-22(17)13-18-5-3-11-24-18/h2-11,21,23H,12-14H2,1H3. The molecule has 3 rings (SSSR count). The number of nitrogens with one attached hydrogen (secondary N) is 1. The Balaban J connectivity index is 1.58. The molecule has 2 aromatic heterocycles. The Kier molecular flexibility index (Phi) is 5.14. The summed E-state index contributed by atoms with van der Waals surface area (Å²) in [7, 11) is 0. The Morgan fingerprint density at radius 2 is 1.96 bits per heavy atom. The van der Waals surface area contributed by atoms with E-state index in [1.807, 2.05) is 6.07 Å². The van der Waals surface area contributed by atoms with E-state index in [0.717, 1.165) is 6.54 Å². The molecular weight excluding hydrogens is 323 g/mol. The molecular formula is C19H21FN2OS. The lowest BCUT2D eigenvalue weighted by Crippen LogP contribution is -2.35. The van der Waals surface area contributed by atoms with Gasteiger partial charge in [0.15, 0.2) is 0 Å². The van der Waals surface area contributed by atoms with E-state index in [9.17, 15) is 9.50 Å². The number of hydrogen-bond acceptors (Lipinski definition) is 3. The van der Waals surface area contributed by atoms with E-state index in [2.05, 4.69) is 39.7 Å². The minimum atomic E-state index is -1.04. The first-order chi connectivity index (χ1) is 11.5. The van der Waals surface area contributed by atoms with Crippen molar-refractivity contribution in [2.24, 2.45) is 0 Å². The lowest BCUT2D eigenvalue weighted by molar-refractivity contribution is 0.0564. The fourth-order valence-electron chi connectivity index (χ4n) is 2.68. The molecule has 126 valence electrons. The summed E-state index contributed by atoms with van der Waals surface area (Å²) in [6.07, 6.45) is 2.06. The lowest BCUT2D eigenvalue weighted by atomic mass is 9.96. The smallest absolute Gasteiger partial charge is 0.123 e. The van der Waals surface area contributed by atoms with Crippen LogP contribution < -0.4 is 5.32 Å². The number of rotatable bonds is 7. The van der Waals surface area contributed by atoms with Crippen LogP contribution in [-0.2, 0) is 18.7 Å². The zero-order chi connectivity index (χ0) is 17.0. The first kappa shape index (κ1) is 16.9. The van der Waals surface area contributed by atoms with E-state index >= 15 is 0 Å². The second-order valence-electron chi connectivity index (χ2n) is 6.09. The molecule has 0 fully saturated rings. The van der Waals surface area contributed by atoms with Crippen LogP contribution in [0.15, 0.2) is 60.1 Å². The Hall–Kier alpha value is -1.95. The zero-order valence-corrected chi connectivity index (χ0v) is 14.4. The lowest BCUT2D eigenvalue weighted by Gasteiger charge is -2.24. The SMILES string of the molecule is CC(O)(CNCc1cccn1Cc1cccs1)c1ccc(F)cc1. The zero-order valence-electron chi connectivity index (χ0n) is 13.6. The number of benzene rings is 1. The molecule has 0 bridgehead atoms. The van der Waals surface area contributed by atoms with Gasteiger partial charge in [0.25, 0.3) is 0 Å². The third-order valence-electron chi connectivity index (χ3n) is 4.07. The summed E-state index contributed by atoms with van der Waals surface area (Å²) in [6.45, 7) is 3.65. The van der Waals surface area contributed by atoms with Crippen LogP contribution in [0.25, 0.3) is 0 Å². The van der Waals surface area contributed by atoms with E-state index in [0.29, 0.717) is 18.7 Å². The van der Waals surface area contributed by atoms with E-state index in [1.54, 1.807) is 30.4 Å². The summed E-state index contributed by atoms with van der Waals surface area (Å²) in [6, 6.07) is 14.3. The second kappa shape index (κ2) is 7.30. The largest absolute Gasteiger partial charge is 0.384 e. The van der Waals surface area contributed by atoms with Gasteiger partial charge >= 0.3 is 0 Å². The molecule has 0 radical (unpaired) electrons. The van der Waals surface area contributed by atoms with Crippen LogP contribution in [0.2, 0.25) is 0 Å². The average Bonchev–Trinajstić information content (AvgIpc) is 3.21. The van der Waals surface area contributed by atoms with Gasteiger partial charge in [0.1, 0.15) is 5.82 Å². The molecule has 2 N–H and O–H groups in total. The molecule has 1 atom stereocenters. The van der Waals surface area contributed by atoms with Crippen LogP contribution in [-0.4, -0.2) is 16.2 Å². The second-order valence-corrected chi connectivity index (χ2v) is 7.12. The summed E-state index contributed by atoms with van der Waals surface area (Å²) < 4.78 is 15.2. The van der Waals surface area contributed by atoms with Crippen molar-refractivity contribution in [2.45, 2.75) is 25.6 Å². The van der Waals surface area contributed by atoms with Crippen LogP contribution in [0, 0.1) is 5.82 Å². The highest BCUT2D eigenvalue weighted by Crippen LogP contribution is 2.20. The van der Waals surface area contributed by atoms with Crippen LogP contribution >= 0.6 is 11.3 Å². The molecule has 1 aromatic carbocycles. The minimum Gasteiger partial charge on any atom is -0.384 e. The van der Waals surface area contributed by atoms with Crippen LogP contribution in [0.1, 0.15) is 23.1 Å². The molecule has 0 spiro atoms. The highest BCUT2D eigenvalue weighted by atomic mass is 32.1. The van der Waals surface area contributed by atoms with Crippen molar-refractivity contribution in [3.05, 3.63) is 82.1 Å². The maximum absolute atomic E-state index is 13.0. The maximum Gasteiger partial charge on any atom is 0.123 e. The van der Waals surface area contributed by atoms with Gasteiger partial charge in [0, 0.05) is 29.9 Å². The van der Waals surface area contributed by atoms with Crippen molar-refractivity contribution in [2.75, 3.05) is 6.54 Å². The Bertz CT molecular complexity index is 763. The van der Waals surface area contributed by atoms with Gasteiger partial charge in [-0.15, -0.1) is 11.3 Å². The molecule has 0 saturated heterocycles. The van der Waals surface area contributed by atoms with Gasteiger partial charge in [-0.25, -0.2) is 4.39 Å².